The monoisotopic (exact) mass is 239 g/mol. The molecule has 0 aliphatic heterocycles. The molecule has 4 heteroatoms. The summed E-state index contributed by atoms with van der Waals surface area (Å²) in [4.78, 5) is 22.4. The van der Waals surface area contributed by atoms with Gasteiger partial charge in [-0.05, 0) is 25.7 Å². The highest BCUT2D eigenvalue weighted by Gasteiger charge is 2.25. The van der Waals surface area contributed by atoms with Crippen LogP contribution in [0.5, 0.6) is 0 Å². The summed E-state index contributed by atoms with van der Waals surface area (Å²) in [5.74, 6) is -2.21. The number of nitrogens with one attached hydrogen (secondary N) is 1. The van der Waals surface area contributed by atoms with Crippen LogP contribution in [0.1, 0.15) is 39.5 Å². The first kappa shape index (κ1) is 13.7. The molecule has 0 bridgehead atoms. The molecule has 0 fully saturated rings. The molecule has 1 aliphatic carbocycles. The Morgan fingerprint density at radius 1 is 1.41 bits per heavy atom. The molecular formula is C13H21NO3. The Hall–Kier alpha value is -1.32. The summed E-state index contributed by atoms with van der Waals surface area (Å²) < 4.78 is 0. The molecule has 0 heterocycles. The fourth-order valence-electron chi connectivity index (χ4n) is 1.91. The summed E-state index contributed by atoms with van der Waals surface area (Å²) in [5.41, 5.74) is 1.41. The van der Waals surface area contributed by atoms with E-state index in [0.717, 1.165) is 19.3 Å². The highest BCUT2D eigenvalue weighted by Crippen LogP contribution is 2.19. The molecule has 1 aliphatic rings. The molecule has 17 heavy (non-hydrogen) atoms. The Morgan fingerprint density at radius 3 is 2.65 bits per heavy atom. The van der Waals surface area contributed by atoms with E-state index in [2.05, 4.69) is 11.4 Å². The van der Waals surface area contributed by atoms with Crippen molar-refractivity contribution in [1.29, 1.82) is 0 Å². The van der Waals surface area contributed by atoms with Gasteiger partial charge in [0.1, 0.15) is 0 Å². The van der Waals surface area contributed by atoms with Gasteiger partial charge in [0.15, 0.2) is 0 Å². The van der Waals surface area contributed by atoms with Crippen molar-refractivity contribution in [2.24, 2.45) is 11.8 Å². The number of carboxylic acid groups (broad SMARTS) is 1. The number of carbonyl (C=O) groups is 2. The van der Waals surface area contributed by atoms with Crippen LogP contribution in [0, 0.1) is 11.8 Å². The van der Waals surface area contributed by atoms with Crippen molar-refractivity contribution in [3.8, 4) is 0 Å². The largest absolute Gasteiger partial charge is 0.481 e. The summed E-state index contributed by atoms with van der Waals surface area (Å²) >= 11 is 0. The minimum Gasteiger partial charge on any atom is -0.481 e. The number of allylic oxidation sites excluding steroid dienone is 1. The molecule has 0 aromatic carbocycles. The molecule has 1 amide bonds. The first-order chi connectivity index (χ1) is 8.02. The number of amides is 1. The van der Waals surface area contributed by atoms with E-state index in [0.29, 0.717) is 6.54 Å². The number of carboxylic acids is 1. The zero-order chi connectivity index (χ0) is 12.8. The van der Waals surface area contributed by atoms with Crippen LogP contribution in [-0.2, 0) is 9.59 Å². The third-order valence-electron chi connectivity index (χ3n) is 3.43. The minimum atomic E-state index is -0.925. The van der Waals surface area contributed by atoms with Crippen LogP contribution in [0.25, 0.3) is 0 Å². The molecule has 96 valence electrons. The van der Waals surface area contributed by atoms with Crippen LogP contribution < -0.4 is 5.32 Å². The topological polar surface area (TPSA) is 66.4 Å². The van der Waals surface area contributed by atoms with Crippen molar-refractivity contribution in [1.82, 2.24) is 5.32 Å². The summed E-state index contributed by atoms with van der Waals surface area (Å²) in [6.07, 6.45) is 6.62. The number of rotatable bonds is 6. The SMILES string of the molecule is CC(C(=O)O)C(C)C(=O)NCCC1=CCCC1. The Bertz CT molecular complexity index is 323. The van der Waals surface area contributed by atoms with Crippen LogP contribution >= 0.6 is 0 Å². The first-order valence-corrected chi connectivity index (χ1v) is 6.20. The predicted molar refractivity (Wildman–Crippen MR) is 65.5 cm³/mol. The van der Waals surface area contributed by atoms with E-state index in [-0.39, 0.29) is 5.91 Å². The average Bonchev–Trinajstić information content (AvgIpc) is 2.79. The number of carbonyl (C=O) groups excluding carboxylic acids is 1. The molecule has 4 nitrogen and oxygen atoms in total. The third kappa shape index (κ3) is 4.21. The fraction of sp³-hybridized carbons (Fsp3) is 0.692. The minimum absolute atomic E-state index is 0.168. The van der Waals surface area contributed by atoms with Crippen LogP contribution in [0.2, 0.25) is 0 Å². The second-order valence-electron chi connectivity index (χ2n) is 4.71. The second-order valence-corrected chi connectivity index (χ2v) is 4.71. The van der Waals surface area contributed by atoms with Crippen molar-refractivity contribution in [3.05, 3.63) is 11.6 Å². The number of hydrogen-bond acceptors (Lipinski definition) is 2. The molecule has 0 aromatic rings. The summed E-state index contributed by atoms with van der Waals surface area (Å²) in [6.45, 7) is 3.83. The van der Waals surface area contributed by atoms with Gasteiger partial charge in [-0.15, -0.1) is 0 Å². The van der Waals surface area contributed by atoms with Crippen LogP contribution in [0.4, 0.5) is 0 Å². The van der Waals surface area contributed by atoms with Crippen molar-refractivity contribution in [2.75, 3.05) is 6.54 Å². The molecule has 0 spiro atoms. The van der Waals surface area contributed by atoms with Gasteiger partial charge in [0.25, 0.3) is 0 Å². The van der Waals surface area contributed by atoms with E-state index >= 15 is 0 Å². The van der Waals surface area contributed by atoms with Crippen molar-refractivity contribution in [2.45, 2.75) is 39.5 Å². The number of hydrogen-bond donors (Lipinski definition) is 2. The molecule has 0 aromatic heterocycles. The van der Waals surface area contributed by atoms with E-state index in [1.54, 1.807) is 13.8 Å². The maximum absolute atomic E-state index is 11.7. The Kier molecular flexibility index (Phi) is 5.19. The van der Waals surface area contributed by atoms with Crippen LogP contribution in [0.15, 0.2) is 11.6 Å². The lowest BCUT2D eigenvalue weighted by Gasteiger charge is -2.15. The van der Waals surface area contributed by atoms with E-state index in [1.165, 1.54) is 12.0 Å². The lowest BCUT2D eigenvalue weighted by molar-refractivity contribution is -0.146. The van der Waals surface area contributed by atoms with Gasteiger partial charge in [0, 0.05) is 12.5 Å². The fourth-order valence-corrected chi connectivity index (χ4v) is 1.91. The maximum atomic E-state index is 11.7. The van der Waals surface area contributed by atoms with Crippen LogP contribution in [-0.4, -0.2) is 23.5 Å². The highest BCUT2D eigenvalue weighted by atomic mass is 16.4. The summed E-state index contributed by atoms with van der Waals surface area (Å²) in [6, 6.07) is 0. The van der Waals surface area contributed by atoms with Gasteiger partial charge in [-0.2, -0.15) is 0 Å². The molecule has 0 saturated carbocycles. The quantitative estimate of drug-likeness (QED) is 0.696. The predicted octanol–water partition coefficient (Wildman–Crippen LogP) is 1.96. The van der Waals surface area contributed by atoms with Gasteiger partial charge in [0.05, 0.1) is 5.92 Å². The lowest BCUT2D eigenvalue weighted by atomic mass is 9.95. The van der Waals surface area contributed by atoms with Crippen molar-refractivity contribution >= 4 is 11.9 Å². The van der Waals surface area contributed by atoms with E-state index in [1.807, 2.05) is 0 Å². The van der Waals surface area contributed by atoms with Gasteiger partial charge in [-0.25, -0.2) is 0 Å². The Morgan fingerprint density at radius 2 is 2.12 bits per heavy atom. The second kappa shape index (κ2) is 6.42. The van der Waals surface area contributed by atoms with E-state index < -0.39 is 17.8 Å². The van der Waals surface area contributed by atoms with E-state index in [4.69, 9.17) is 5.11 Å². The van der Waals surface area contributed by atoms with E-state index in [9.17, 15) is 9.59 Å². The molecular weight excluding hydrogens is 218 g/mol. The molecule has 1 rings (SSSR count). The molecule has 0 saturated heterocycles. The van der Waals surface area contributed by atoms with Crippen molar-refractivity contribution in [3.63, 3.8) is 0 Å². The molecule has 2 atom stereocenters. The first-order valence-electron chi connectivity index (χ1n) is 6.20. The standard InChI is InChI=1S/C13H21NO3/c1-9(10(2)13(16)17)12(15)14-8-7-11-5-3-4-6-11/h5,9-10H,3-4,6-8H2,1-2H3,(H,14,15)(H,16,17). The average molecular weight is 239 g/mol. The number of aliphatic carboxylic acids is 1. The summed E-state index contributed by atoms with van der Waals surface area (Å²) in [7, 11) is 0. The Labute approximate surface area is 102 Å². The highest BCUT2D eigenvalue weighted by molar-refractivity contribution is 5.84. The summed E-state index contributed by atoms with van der Waals surface area (Å²) in [5, 5.41) is 11.6. The lowest BCUT2D eigenvalue weighted by Crippen LogP contribution is -2.35. The zero-order valence-corrected chi connectivity index (χ0v) is 10.5. The molecule has 2 N–H and O–H groups in total. The van der Waals surface area contributed by atoms with Gasteiger partial charge >= 0.3 is 5.97 Å². The smallest absolute Gasteiger partial charge is 0.307 e. The van der Waals surface area contributed by atoms with Gasteiger partial charge in [-0.3, -0.25) is 9.59 Å². The normalized spacial score (nSPS) is 18.4. The van der Waals surface area contributed by atoms with Gasteiger partial charge in [0.2, 0.25) is 5.91 Å². The van der Waals surface area contributed by atoms with Gasteiger partial charge < -0.3 is 10.4 Å². The molecule has 0 radical (unpaired) electrons. The molecule has 2 unspecified atom stereocenters. The zero-order valence-electron chi connectivity index (χ0n) is 10.5. The third-order valence-corrected chi connectivity index (χ3v) is 3.43. The maximum Gasteiger partial charge on any atom is 0.307 e. The van der Waals surface area contributed by atoms with Crippen LogP contribution in [0.3, 0.4) is 0 Å². The van der Waals surface area contributed by atoms with Gasteiger partial charge in [-0.1, -0.05) is 25.5 Å². The van der Waals surface area contributed by atoms with Crippen molar-refractivity contribution < 1.29 is 14.7 Å². The Balaban J connectivity index is 2.26.